The minimum atomic E-state index is -0.489. The van der Waals surface area contributed by atoms with Gasteiger partial charge in [-0.15, -0.1) is 0 Å². The van der Waals surface area contributed by atoms with Crippen LogP contribution in [0, 0.1) is 0 Å². The maximum absolute atomic E-state index is 10.8. The zero-order valence-corrected chi connectivity index (χ0v) is 15.4. The van der Waals surface area contributed by atoms with Crippen molar-refractivity contribution in [2.24, 2.45) is 0 Å². The summed E-state index contributed by atoms with van der Waals surface area (Å²) < 4.78 is 14.6. The van der Waals surface area contributed by atoms with E-state index in [4.69, 9.17) is 4.74 Å². The van der Waals surface area contributed by atoms with Crippen LogP contribution in [-0.4, -0.2) is 36.7 Å². The molecule has 1 rings (SSSR count). The van der Waals surface area contributed by atoms with Crippen LogP contribution in [0.3, 0.4) is 0 Å². The minimum Gasteiger partial charge on any atom is -0.459 e. The van der Waals surface area contributed by atoms with Crippen molar-refractivity contribution in [2.75, 3.05) is 13.2 Å². The van der Waals surface area contributed by atoms with Gasteiger partial charge in [-0.3, -0.25) is 0 Å². The second-order valence-corrected chi connectivity index (χ2v) is 5.89. The second-order valence-electron chi connectivity index (χ2n) is 5.89. The smallest absolute Gasteiger partial charge is 0.333 e. The highest BCUT2D eigenvalue weighted by Gasteiger charge is 2.45. The van der Waals surface area contributed by atoms with Crippen LogP contribution >= 0.6 is 0 Å². The topological polar surface area (TPSA) is 78.9 Å². The first-order chi connectivity index (χ1) is 11.7. The Hall–Kier alpha value is -2.37. The fourth-order valence-corrected chi connectivity index (χ4v) is 1.77. The molecule has 0 spiro atoms. The lowest BCUT2D eigenvalue weighted by atomic mass is 10.2. The van der Waals surface area contributed by atoms with Gasteiger partial charge in [-0.1, -0.05) is 33.1 Å². The molecule has 1 aliphatic carbocycles. The highest BCUT2D eigenvalue weighted by molar-refractivity contribution is 5.87. The third kappa shape index (κ3) is 10.2. The normalized spacial score (nSPS) is 13.4. The van der Waals surface area contributed by atoms with Crippen molar-refractivity contribution in [1.82, 2.24) is 0 Å². The molecule has 0 aromatic carbocycles. The molecule has 0 aromatic rings. The molecule has 0 radical (unpaired) electrons. The van der Waals surface area contributed by atoms with Crippen molar-refractivity contribution in [1.29, 1.82) is 0 Å². The number of rotatable bonds is 9. The summed E-state index contributed by atoms with van der Waals surface area (Å²) in [5, 5.41) is 0. The van der Waals surface area contributed by atoms with Crippen molar-refractivity contribution in [2.45, 2.75) is 52.1 Å². The van der Waals surface area contributed by atoms with Crippen molar-refractivity contribution in [3.05, 3.63) is 37.0 Å². The molecule has 6 nitrogen and oxygen atoms in total. The van der Waals surface area contributed by atoms with E-state index in [1.54, 1.807) is 13.8 Å². The molecule has 0 atom stereocenters. The Balaban J connectivity index is 0.000000472. The van der Waals surface area contributed by atoms with Crippen molar-refractivity contribution < 1.29 is 28.6 Å². The third-order valence-electron chi connectivity index (χ3n) is 3.24. The SMILES string of the molecule is C=C(C)C(=O)OCCOC(=O)C(=C)C.C=CC(=O)OC1(CCC)CC1. The van der Waals surface area contributed by atoms with E-state index in [1.807, 2.05) is 0 Å². The Morgan fingerprint density at radius 2 is 1.44 bits per heavy atom. The molecule has 1 fully saturated rings. The van der Waals surface area contributed by atoms with E-state index in [0.29, 0.717) is 11.1 Å². The number of carbonyl (C=O) groups excluding carboxylic acids is 3. The number of hydrogen-bond donors (Lipinski definition) is 0. The molecular formula is C19H28O6. The average Bonchev–Trinajstić information content (AvgIpc) is 3.30. The summed E-state index contributed by atoms with van der Waals surface area (Å²) in [7, 11) is 0. The fourth-order valence-electron chi connectivity index (χ4n) is 1.77. The van der Waals surface area contributed by atoms with Gasteiger partial charge >= 0.3 is 17.9 Å². The fraction of sp³-hybridized carbons (Fsp3) is 0.526. The highest BCUT2D eigenvalue weighted by atomic mass is 16.6. The Morgan fingerprint density at radius 3 is 1.72 bits per heavy atom. The maximum Gasteiger partial charge on any atom is 0.333 e. The van der Waals surface area contributed by atoms with Crippen molar-refractivity contribution in [3.8, 4) is 0 Å². The molecule has 25 heavy (non-hydrogen) atoms. The van der Waals surface area contributed by atoms with Gasteiger partial charge in [0, 0.05) is 17.2 Å². The average molecular weight is 352 g/mol. The second kappa shape index (κ2) is 11.2. The highest BCUT2D eigenvalue weighted by Crippen LogP contribution is 2.43. The zero-order valence-electron chi connectivity index (χ0n) is 15.4. The van der Waals surface area contributed by atoms with Crippen LogP contribution in [0.5, 0.6) is 0 Å². The summed E-state index contributed by atoms with van der Waals surface area (Å²) in [6, 6.07) is 0. The monoisotopic (exact) mass is 352 g/mol. The molecule has 6 heteroatoms. The van der Waals surface area contributed by atoms with Gasteiger partial charge in [-0.25, -0.2) is 14.4 Å². The molecule has 0 aromatic heterocycles. The molecule has 140 valence electrons. The largest absolute Gasteiger partial charge is 0.459 e. The first kappa shape index (κ1) is 22.6. The van der Waals surface area contributed by atoms with Crippen molar-refractivity contribution >= 4 is 17.9 Å². The lowest BCUT2D eigenvalue weighted by Gasteiger charge is -2.13. The Kier molecular flexibility index (Phi) is 10.2. The van der Waals surface area contributed by atoms with E-state index in [9.17, 15) is 14.4 Å². The molecule has 0 bridgehead atoms. The zero-order chi connectivity index (χ0) is 19.5. The quantitative estimate of drug-likeness (QED) is 0.274. The molecule has 0 aliphatic heterocycles. The number of hydrogen-bond acceptors (Lipinski definition) is 6. The van der Waals surface area contributed by atoms with Gasteiger partial charge in [0.05, 0.1) is 0 Å². The number of esters is 3. The minimum absolute atomic E-state index is 0.0325. The number of carbonyl (C=O) groups is 3. The van der Waals surface area contributed by atoms with Gasteiger partial charge in [0.15, 0.2) is 0 Å². The van der Waals surface area contributed by atoms with Crippen LogP contribution in [0.25, 0.3) is 0 Å². The van der Waals surface area contributed by atoms with Gasteiger partial charge in [0.1, 0.15) is 18.8 Å². The molecule has 1 aliphatic rings. The first-order valence-electron chi connectivity index (χ1n) is 8.18. The lowest BCUT2D eigenvalue weighted by Crippen LogP contribution is -2.17. The molecule has 0 unspecified atom stereocenters. The molecule has 0 N–H and O–H groups in total. The predicted octanol–water partition coefficient (Wildman–Crippen LogP) is 3.27. The van der Waals surface area contributed by atoms with E-state index in [-0.39, 0.29) is 24.8 Å². The van der Waals surface area contributed by atoms with Gasteiger partial charge in [0.25, 0.3) is 0 Å². The standard InChI is InChI=1S/C10H14O4.C9H14O2/c1-7(2)9(11)13-5-6-14-10(12)8(3)4;1-3-5-9(6-7-9)11-8(10)4-2/h1,3,5-6H2,2,4H3;4H,2-3,5-7H2,1H3. The van der Waals surface area contributed by atoms with Gasteiger partial charge in [0.2, 0.25) is 0 Å². The van der Waals surface area contributed by atoms with Crippen LogP contribution < -0.4 is 0 Å². The summed E-state index contributed by atoms with van der Waals surface area (Å²) >= 11 is 0. The molecule has 0 saturated heterocycles. The Labute approximate surface area is 149 Å². The predicted molar refractivity (Wildman–Crippen MR) is 94.7 cm³/mol. The summed E-state index contributed by atoms with van der Waals surface area (Å²) in [5.74, 6) is -1.26. The van der Waals surface area contributed by atoms with E-state index in [2.05, 4.69) is 36.1 Å². The molecule has 0 amide bonds. The lowest BCUT2D eigenvalue weighted by molar-refractivity contribution is -0.147. The first-order valence-corrected chi connectivity index (χ1v) is 8.18. The van der Waals surface area contributed by atoms with Gasteiger partial charge < -0.3 is 14.2 Å². The molecule has 0 heterocycles. The van der Waals surface area contributed by atoms with E-state index in [1.165, 1.54) is 6.08 Å². The van der Waals surface area contributed by atoms with E-state index < -0.39 is 11.9 Å². The summed E-state index contributed by atoms with van der Waals surface area (Å²) in [6.07, 6.45) is 5.35. The summed E-state index contributed by atoms with van der Waals surface area (Å²) in [6.45, 7) is 15.4. The van der Waals surface area contributed by atoms with E-state index >= 15 is 0 Å². The van der Waals surface area contributed by atoms with Crippen LogP contribution in [0.15, 0.2) is 37.0 Å². The Morgan fingerprint density at radius 1 is 1.00 bits per heavy atom. The third-order valence-corrected chi connectivity index (χ3v) is 3.24. The Bertz CT molecular complexity index is 500. The van der Waals surface area contributed by atoms with Crippen molar-refractivity contribution in [3.63, 3.8) is 0 Å². The van der Waals surface area contributed by atoms with E-state index in [0.717, 1.165) is 25.7 Å². The van der Waals surface area contributed by atoms with Crippen LogP contribution in [0.1, 0.15) is 46.5 Å². The summed E-state index contributed by atoms with van der Waals surface area (Å²) in [5.41, 5.74) is 0.535. The van der Waals surface area contributed by atoms with Crippen LogP contribution in [0.2, 0.25) is 0 Å². The number of ether oxygens (including phenoxy) is 3. The van der Waals surface area contributed by atoms with Crippen LogP contribution in [0.4, 0.5) is 0 Å². The van der Waals surface area contributed by atoms with Crippen LogP contribution in [-0.2, 0) is 28.6 Å². The molecular weight excluding hydrogens is 324 g/mol. The molecule has 1 saturated carbocycles. The van der Waals surface area contributed by atoms with Gasteiger partial charge in [-0.2, -0.15) is 0 Å². The summed E-state index contributed by atoms with van der Waals surface area (Å²) in [4.78, 5) is 32.5. The van der Waals surface area contributed by atoms with Gasteiger partial charge in [-0.05, 0) is 33.1 Å². The maximum atomic E-state index is 10.8.